The number of ether oxygens (including phenoxy) is 1. The number of amides is 1. The third kappa shape index (κ3) is 5.61. The van der Waals surface area contributed by atoms with Gasteiger partial charge in [-0.15, -0.1) is 0 Å². The Kier molecular flexibility index (Phi) is 6.31. The van der Waals surface area contributed by atoms with Crippen molar-refractivity contribution in [1.82, 2.24) is 5.32 Å². The highest BCUT2D eigenvalue weighted by Crippen LogP contribution is 2.27. The number of hydrogen-bond acceptors (Lipinski definition) is 3. The lowest BCUT2D eigenvalue weighted by molar-refractivity contribution is -0.123. The van der Waals surface area contributed by atoms with Gasteiger partial charge in [0.1, 0.15) is 5.75 Å². The molecule has 0 aliphatic heterocycles. The Balaban J connectivity index is 2.60. The molecular formula is C14H21BrN2O2. The van der Waals surface area contributed by atoms with E-state index < -0.39 is 0 Å². The van der Waals surface area contributed by atoms with Crippen molar-refractivity contribution in [2.45, 2.75) is 26.8 Å². The highest BCUT2D eigenvalue weighted by atomic mass is 79.9. The van der Waals surface area contributed by atoms with Crippen LogP contribution in [0.2, 0.25) is 0 Å². The number of halogens is 1. The molecular weight excluding hydrogens is 308 g/mol. The summed E-state index contributed by atoms with van der Waals surface area (Å²) in [6.45, 7) is 6.64. The van der Waals surface area contributed by atoms with Crippen molar-refractivity contribution < 1.29 is 9.53 Å². The molecule has 19 heavy (non-hydrogen) atoms. The summed E-state index contributed by atoms with van der Waals surface area (Å²) in [4.78, 5) is 11.6. The smallest absolute Gasteiger partial charge is 0.257 e. The summed E-state index contributed by atoms with van der Waals surface area (Å²) in [5.41, 5.74) is 6.77. The SMILES string of the molecule is CC(C)CNC(=O)COc1ccc(Br)cc1[C@H](C)N. The molecule has 0 saturated carbocycles. The van der Waals surface area contributed by atoms with Crippen LogP contribution in [0, 0.1) is 5.92 Å². The lowest BCUT2D eigenvalue weighted by Gasteiger charge is -2.14. The number of benzene rings is 1. The molecule has 3 N–H and O–H groups in total. The molecule has 0 aliphatic rings. The van der Waals surface area contributed by atoms with Gasteiger partial charge in [-0.3, -0.25) is 4.79 Å². The van der Waals surface area contributed by atoms with Crippen LogP contribution in [-0.4, -0.2) is 19.1 Å². The number of carbonyl (C=O) groups excluding carboxylic acids is 1. The molecule has 0 radical (unpaired) electrons. The second kappa shape index (κ2) is 7.50. The van der Waals surface area contributed by atoms with Crippen molar-refractivity contribution in [3.8, 4) is 5.75 Å². The minimum atomic E-state index is -0.147. The summed E-state index contributed by atoms with van der Waals surface area (Å²) >= 11 is 3.40. The maximum Gasteiger partial charge on any atom is 0.257 e. The van der Waals surface area contributed by atoms with E-state index in [1.54, 1.807) is 0 Å². The zero-order chi connectivity index (χ0) is 14.4. The quantitative estimate of drug-likeness (QED) is 0.843. The first-order chi connectivity index (χ1) is 8.90. The summed E-state index contributed by atoms with van der Waals surface area (Å²) in [5.74, 6) is 0.960. The van der Waals surface area contributed by atoms with Gasteiger partial charge in [0.2, 0.25) is 0 Å². The minimum Gasteiger partial charge on any atom is -0.483 e. The highest BCUT2D eigenvalue weighted by molar-refractivity contribution is 9.10. The third-order valence-corrected chi connectivity index (χ3v) is 3.02. The molecule has 4 nitrogen and oxygen atoms in total. The Morgan fingerprint density at radius 2 is 2.11 bits per heavy atom. The largest absolute Gasteiger partial charge is 0.483 e. The number of nitrogens with two attached hydrogens (primary N) is 1. The van der Waals surface area contributed by atoms with Crippen molar-refractivity contribution in [3.63, 3.8) is 0 Å². The maximum atomic E-state index is 11.6. The van der Waals surface area contributed by atoms with Gasteiger partial charge in [-0.2, -0.15) is 0 Å². The highest BCUT2D eigenvalue weighted by Gasteiger charge is 2.10. The molecule has 1 atom stereocenters. The summed E-state index contributed by atoms with van der Waals surface area (Å²) in [6.07, 6.45) is 0. The van der Waals surface area contributed by atoms with Crippen LogP contribution in [0.5, 0.6) is 5.75 Å². The lowest BCUT2D eigenvalue weighted by Crippen LogP contribution is -2.31. The van der Waals surface area contributed by atoms with Gasteiger partial charge < -0.3 is 15.8 Å². The molecule has 0 unspecified atom stereocenters. The fourth-order valence-corrected chi connectivity index (χ4v) is 1.90. The monoisotopic (exact) mass is 328 g/mol. The van der Waals surface area contributed by atoms with Gasteiger partial charge in [0.15, 0.2) is 6.61 Å². The number of nitrogens with one attached hydrogen (secondary N) is 1. The molecule has 0 spiro atoms. The molecule has 0 bridgehead atoms. The zero-order valence-corrected chi connectivity index (χ0v) is 13.2. The van der Waals surface area contributed by atoms with Crippen molar-refractivity contribution in [2.24, 2.45) is 11.7 Å². The van der Waals surface area contributed by atoms with E-state index in [-0.39, 0.29) is 18.6 Å². The van der Waals surface area contributed by atoms with E-state index in [4.69, 9.17) is 10.5 Å². The van der Waals surface area contributed by atoms with Crippen LogP contribution in [0.3, 0.4) is 0 Å². The van der Waals surface area contributed by atoms with E-state index in [1.165, 1.54) is 0 Å². The van der Waals surface area contributed by atoms with Crippen molar-refractivity contribution in [1.29, 1.82) is 0 Å². The fraction of sp³-hybridized carbons (Fsp3) is 0.500. The van der Waals surface area contributed by atoms with Gasteiger partial charge in [-0.25, -0.2) is 0 Å². The molecule has 0 aromatic heterocycles. The normalized spacial score (nSPS) is 12.3. The standard InChI is InChI=1S/C14H21BrN2O2/c1-9(2)7-17-14(18)8-19-13-5-4-11(15)6-12(13)10(3)16/h4-6,9-10H,7-8,16H2,1-3H3,(H,17,18)/t10-/m0/s1. The van der Waals surface area contributed by atoms with Crippen molar-refractivity contribution in [2.75, 3.05) is 13.2 Å². The fourth-order valence-electron chi connectivity index (χ4n) is 1.52. The molecule has 1 amide bonds. The summed E-state index contributed by atoms with van der Waals surface area (Å²) in [7, 11) is 0. The Morgan fingerprint density at radius 1 is 1.42 bits per heavy atom. The molecule has 0 fully saturated rings. The second-order valence-corrected chi connectivity index (χ2v) is 5.87. The molecule has 0 heterocycles. The average Bonchev–Trinajstić information content (AvgIpc) is 2.34. The maximum absolute atomic E-state index is 11.6. The summed E-state index contributed by atoms with van der Waals surface area (Å²) in [5, 5.41) is 2.81. The van der Waals surface area contributed by atoms with Crippen LogP contribution >= 0.6 is 15.9 Å². The Labute approximate surface area is 122 Å². The van der Waals surface area contributed by atoms with Gasteiger partial charge in [0.25, 0.3) is 5.91 Å². The van der Waals surface area contributed by atoms with Gasteiger partial charge >= 0.3 is 0 Å². The molecule has 0 aliphatic carbocycles. The Morgan fingerprint density at radius 3 is 2.68 bits per heavy atom. The molecule has 1 aromatic rings. The first-order valence-corrected chi connectivity index (χ1v) is 7.14. The molecule has 0 saturated heterocycles. The van der Waals surface area contributed by atoms with E-state index in [2.05, 4.69) is 21.2 Å². The van der Waals surface area contributed by atoms with Crippen molar-refractivity contribution in [3.05, 3.63) is 28.2 Å². The van der Waals surface area contributed by atoms with E-state index in [0.717, 1.165) is 10.0 Å². The number of carbonyl (C=O) groups is 1. The van der Waals surface area contributed by atoms with Crippen LogP contribution < -0.4 is 15.8 Å². The molecule has 5 heteroatoms. The molecule has 1 aromatic carbocycles. The minimum absolute atomic E-state index is 0.00801. The third-order valence-electron chi connectivity index (χ3n) is 2.53. The Bertz CT molecular complexity index is 433. The Hall–Kier alpha value is -1.07. The van der Waals surface area contributed by atoms with E-state index in [9.17, 15) is 4.79 Å². The van der Waals surface area contributed by atoms with Crippen LogP contribution in [0.15, 0.2) is 22.7 Å². The van der Waals surface area contributed by atoms with Crippen molar-refractivity contribution >= 4 is 21.8 Å². The number of hydrogen-bond donors (Lipinski definition) is 2. The zero-order valence-electron chi connectivity index (χ0n) is 11.6. The van der Waals surface area contributed by atoms with Gasteiger partial charge in [-0.1, -0.05) is 29.8 Å². The second-order valence-electron chi connectivity index (χ2n) is 4.96. The average molecular weight is 329 g/mol. The lowest BCUT2D eigenvalue weighted by atomic mass is 10.1. The first-order valence-electron chi connectivity index (χ1n) is 6.34. The van der Waals surface area contributed by atoms with Crippen LogP contribution in [0.4, 0.5) is 0 Å². The number of rotatable bonds is 6. The predicted octanol–water partition coefficient (Wildman–Crippen LogP) is 2.62. The van der Waals surface area contributed by atoms with Gasteiger partial charge in [0, 0.05) is 22.6 Å². The topological polar surface area (TPSA) is 64.3 Å². The van der Waals surface area contributed by atoms with Crippen LogP contribution in [0.1, 0.15) is 32.4 Å². The summed E-state index contributed by atoms with van der Waals surface area (Å²) in [6, 6.07) is 5.45. The van der Waals surface area contributed by atoms with Gasteiger partial charge in [-0.05, 0) is 31.0 Å². The van der Waals surface area contributed by atoms with E-state index >= 15 is 0 Å². The molecule has 1 rings (SSSR count). The molecule has 106 valence electrons. The van der Waals surface area contributed by atoms with E-state index in [0.29, 0.717) is 18.2 Å². The van der Waals surface area contributed by atoms with Crippen LogP contribution in [0.25, 0.3) is 0 Å². The van der Waals surface area contributed by atoms with Gasteiger partial charge in [0.05, 0.1) is 0 Å². The van der Waals surface area contributed by atoms with E-state index in [1.807, 2.05) is 39.0 Å². The predicted molar refractivity (Wildman–Crippen MR) is 80.1 cm³/mol. The summed E-state index contributed by atoms with van der Waals surface area (Å²) < 4.78 is 6.48. The van der Waals surface area contributed by atoms with Crippen LogP contribution in [-0.2, 0) is 4.79 Å². The first kappa shape index (κ1) is 16.0.